The lowest BCUT2D eigenvalue weighted by Crippen LogP contribution is -2.31. The average molecular weight is 174 g/mol. The van der Waals surface area contributed by atoms with Crippen molar-refractivity contribution in [3.63, 3.8) is 0 Å². The fourth-order valence-corrected chi connectivity index (χ4v) is 1.30. The molecule has 0 saturated carbocycles. The summed E-state index contributed by atoms with van der Waals surface area (Å²) < 4.78 is 8.99. The highest BCUT2D eigenvalue weighted by atomic mass is 16.7. The zero-order valence-electron chi connectivity index (χ0n) is 5.84. The van der Waals surface area contributed by atoms with Crippen LogP contribution >= 0.6 is 0 Å². The Morgan fingerprint density at radius 3 is 1.58 bits per heavy atom. The van der Waals surface area contributed by atoms with Crippen LogP contribution in [0.4, 0.5) is 0 Å². The molecule has 2 aliphatic heterocycles. The first-order chi connectivity index (χ1) is 5.61. The molecule has 66 valence electrons. The second-order valence-corrected chi connectivity index (χ2v) is 2.69. The van der Waals surface area contributed by atoms with Gasteiger partial charge in [-0.2, -0.15) is 0 Å². The summed E-state index contributed by atoms with van der Waals surface area (Å²) in [6.07, 6.45) is -5.01. The van der Waals surface area contributed by atoms with Crippen LogP contribution in [0.25, 0.3) is 0 Å². The fraction of sp³-hybridized carbons (Fsp3) is 0.667. The van der Waals surface area contributed by atoms with E-state index in [1.807, 2.05) is 0 Å². The number of ether oxygens (including phenoxy) is 2. The number of fused-ring (bicyclic) bond motifs is 1. The van der Waals surface area contributed by atoms with E-state index in [2.05, 4.69) is 9.47 Å². The van der Waals surface area contributed by atoms with Crippen LogP contribution in [0.1, 0.15) is 0 Å². The van der Waals surface area contributed by atoms with E-state index in [0.29, 0.717) is 0 Å². The van der Waals surface area contributed by atoms with Gasteiger partial charge in [-0.15, -0.1) is 0 Å². The van der Waals surface area contributed by atoms with Crippen molar-refractivity contribution in [2.24, 2.45) is 0 Å². The van der Waals surface area contributed by atoms with Crippen molar-refractivity contribution in [2.45, 2.75) is 24.4 Å². The van der Waals surface area contributed by atoms with E-state index in [-0.39, 0.29) is 0 Å². The molecule has 6 heteroatoms. The van der Waals surface area contributed by atoms with Gasteiger partial charge in [-0.25, -0.2) is 9.59 Å². The Morgan fingerprint density at radius 1 is 0.917 bits per heavy atom. The molecule has 12 heavy (non-hydrogen) atoms. The van der Waals surface area contributed by atoms with Crippen LogP contribution in [0, 0.1) is 0 Å². The van der Waals surface area contributed by atoms with Crippen molar-refractivity contribution >= 4 is 11.9 Å². The predicted molar refractivity (Wildman–Crippen MR) is 31.8 cm³/mol. The van der Waals surface area contributed by atoms with Crippen molar-refractivity contribution in [1.82, 2.24) is 0 Å². The predicted octanol–water partition coefficient (Wildman–Crippen LogP) is -2.44. The van der Waals surface area contributed by atoms with Crippen molar-refractivity contribution in [3.05, 3.63) is 0 Å². The van der Waals surface area contributed by atoms with Crippen molar-refractivity contribution in [3.8, 4) is 0 Å². The summed E-state index contributed by atoms with van der Waals surface area (Å²) in [7, 11) is 0. The molecular weight excluding hydrogens is 168 g/mol. The minimum absolute atomic E-state index is 0.864. The summed E-state index contributed by atoms with van der Waals surface area (Å²) in [5.41, 5.74) is 0. The molecule has 0 aliphatic carbocycles. The number of carbonyl (C=O) groups excluding carboxylic acids is 2. The molecule has 0 bridgehead atoms. The smallest absolute Gasteiger partial charge is 0.339 e. The Balaban J connectivity index is 2.24. The van der Waals surface area contributed by atoms with Crippen LogP contribution < -0.4 is 0 Å². The molecule has 0 aromatic carbocycles. The van der Waals surface area contributed by atoms with Crippen LogP contribution in [-0.2, 0) is 19.1 Å². The standard InChI is InChI=1S/C6H6O6/c7-1-3-4(12-5(1)9)2(8)6(10)11-3/h1-4,7-8H/t1-,2+,3-,4+. The van der Waals surface area contributed by atoms with Gasteiger partial charge in [0.2, 0.25) is 0 Å². The zero-order valence-corrected chi connectivity index (χ0v) is 5.84. The van der Waals surface area contributed by atoms with Crippen LogP contribution in [0.15, 0.2) is 0 Å². The minimum Gasteiger partial charge on any atom is -0.453 e. The molecule has 2 rings (SSSR count). The molecule has 0 amide bonds. The number of aliphatic hydroxyl groups excluding tert-OH is 2. The third-order valence-corrected chi connectivity index (χ3v) is 1.93. The fourth-order valence-electron chi connectivity index (χ4n) is 1.30. The highest BCUT2D eigenvalue weighted by Crippen LogP contribution is 2.28. The van der Waals surface area contributed by atoms with Crippen molar-refractivity contribution in [2.75, 3.05) is 0 Å². The number of hydrogen-bond donors (Lipinski definition) is 2. The average Bonchev–Trinajstić information content (AvgIpc) is 2.43. The summed E-state index contributed by atoms with van der Waals surface area (Å²) in [4.78, 5) is 21.3. The Bertz CT molecular complexity index is 222. The Hall–Kier alpha value is -1.14. The van der Waals surface area contributed by atoms with Crippen molar-refractivity contribution in [1.29, 1.82) is 0 Å². The lowest BCUT2D eigenvalue weighted by atomic mass is 10.1. The van der Waals surface area contributed by atoms with E-state index in [9.17, 15) is 9.59 Å². The minimum atomic E-state index is -1.46. The monoisotopic (exact) mass is 174 g/mol. The molecule has 2 fully saturated rings. The summed E-state index contributed by atoms with van der Waals surface area (Å²) >= 11 is 0. The molecule has 2 aliphatic rings. The third kappa shape index (κ3) is 0.759. The molecule has 2 saturated heterocycles. The maximum atomic E-state index is 10.7. The van der Waals surface area contributed by atoms with E-state index in [1.165, 1.54) is 0 Å². The summed E-state index contributed by atoms with van der Waals surface area (Å²) in [6.45, 7) is 0. The maximum absolute atomic E-state index is 10.7. The second-order valence-electron chi connectivity index (χ2n) is 2.69. The molecule has 2 heterocycles. The van der Waals surface area contributed by atoms with Gasteiger partial charge in [0.25, 0.3) is 0 Å². The number of aliphatic hydroxyl groups is 2. The molecule has 0 unspecified atom stereocenters. The van der Waals surface area contributed by atoms with Crippen LogP contribution in [0.5, 0.6) is 0 Å². The lowest BCUT2D eigenvalue weighted by Gasteiger charge is -2.05. The summed E-state index contributed by atoms with van der Waals surface area (Å²) in [6, 6.07) is 0. The number of esters is 2. The molecule has 4 atom stereocenters. The normalized spacial score (nSPS) is 45.5. The highest BCUT2D eigenvalue weighted by Gasteiger charge is 2.57. The molecule has 6 nitrogen and oxygen atoms in total. The topological polar surface area (TPSA) is 93.1 Å². The molecule has 0 aromatic rings. The second kappa shape index (κ2) is 2.18. The van der Waals surface area contributed by atoms with Gasteiger partial charge in [-0.3, -0.25) is 0 Å². The largest absolute Gasteiger partial charge is 0.453 e. The van der Waals surface area contributed by atoms with Crippen LogP contribution in [-0.4, -0.2) is 46.6 Å². The Kier molecular flexibility index (Phi) is 1.36. The molecule has 2 N–H and O–H groups in total. The van der Waals surface area contributed by atoms with Gasteiger partial charge in [0.15, 0.2) is 24.4 Å². The van der Waals surface area contributed by atoms with Gasteiger partial charge < -0.3 is 19.7 Å². The Morgan fingerprint density at radius 2 is 1.25 bits per heavy atom. The summed E-state index contributed by atoms with van der Waals surface area (Å²) in [5, 5.41) is 18.1. The van der Waals surface area contributed by atoms with Crippen molar-refractivity contribution < 1.29 is 29.3 Å². The first-order valence-electron chi connectivity index (χ1n) is 3.38. The van der Waals surface area contributed by atoms with E-state index >= 15 is 0 Å². The molecular formula is C6H6O6. The highest BCUT2D eigenvalue weighted by molar-refractivity contribution is 5.85. The quantitative estimate of drug-likeness (QED) is 0.396. The maximum Gasteiger partial charge on any atom is 0.339 e. The molecule has 0 aromatic heterocycles. The van der Waals surface area contributed by atoms with Crippen LogP contribution in [0.2, 0.25) is 0 Å². The molecule has 0 spiro atoms. The third-order valence-electron chi connectivity index (χ3n) is 1.93. The summed E-state index contributed by atoms with van der Waals surface area (Å²) in [5.74, 6) is -1.73. The van der Waals surface area contributed by atoms with Gasteiger partial charge >= 0.3 is 11.9 Å². The van der Waals surface area contributed by atoms with Gasteiger partial charge in [-0.05, 0) is 0 Å². The number of carbonyl (C=O) groups is 2. The van der Waals surface area contributed by atoms with Crippen LogP contribution in [0.3, 0.4) is 0 Å². The first-order valence-corrected chi connectivity index (χ1v) is 3.38. The van der Waals surface area contributed by atoms with E-state index in [4.69, 9.17) is 10.2 Å². The lowest BCUT2D eigenvalue weighted by molar-refractivity contribution is -0.159. The number of hydrogen-bond acceptors (Lipinski definition) is 6. The van der Waals surface area contributed by atoms with Gasteiger partial charge in [0.05, 0.1) is 0 Å². The number of rotatable bonds is 0. The first kappa shape index (κ1) is 7.51. The van der Waals surface area contributed by atoms with E-state index in [0.717, 1.165) is 0 Å². The van der Waals surface area contributed by atoms with Gasteiger partial charge in [-0.1, -0.05) is 0 Å². The Labute approximate surface area is 66.7 Å². The van der Waals surface area contributed by atoms with Gasteiger partial charge in [0, 0.05) is 0 Å². The van der Waals surface area contributed by atoms with Gasteiger partial charge in [0.1, 0.15) is 0 Å². The van der Waals surface area contributed by atoms with E-state index < -0.39 is 36.4 Å². The SMILES string of the molecule is O=C1O[C@H]2[C@@H](OC(=O)[C@@H]2O)[C@@H]1O. The zero-order chi connectivity index (χ0) is 8.88. The molecule has 0 radical (unpaired) electrons. The van der Waals surface area contributed by atoms with E-state index in [1.54, 1.807) is 0 Å².